The van der Waals surface area contributed by atoms with E-state index in [1.54, 1.807) is 24.9 Å². The fraction of sp³-hybridized carbons (Fsp3) is 0.167. The van der Waals surface area contributed by atoms with E-state index in [-0.39, 0.29) is 0 Å². The van der Waals surface area contributed by atoms with Crippen molar-refractivity contribution in [3.8, 4) is 0 Å². The monoisotopic (exact) mass is 265 g/mol. The predicted octanol–water partition coefficient (Wildman–Crippen LogP) is 3.48. The minimum Gasteiger partial charge on any atom is -0.481 e. The Morgan fingerprint density at radius 2 is 2.12 bits per heavy atom. The number of thiazole rings is 1. The van der Waals surface area contributed by atoms with Gasteiger partial charge in [-0.05, 0) is 19.1 Å². The van der Waals surface area contributed by atoms with Crippen molar-refractivity contribution in [2.75, 3.05) is 0 Å². The second-order valence-electron chi connectivity index (χ2n) is 3.50. The Morgan fingerprint density at radius 1 is 1.41 bits per heavy atom. The molecule has 2 aromatic rings. The molecule has 0 saturated carbocycles. The van der Waals surface area contributed by atoms with Gasteiger partial charge in [0.15, 0.2) is 4.34 Å². The highest BCUT2D eigenvalue weighted by molar-refractivity contribution is 8.01. The molecule has 1 unspecified atom stereocenters. The lowest BCUT2D eigenvalue weighted by Crippen LogP contribution is -2.05. The van der Waals surface area contributed by atoms with Crippen molar-refractivity contribution in [3.05, 3.63) is 41.4 Å². The quantitative estimate of drug-likeness (QED) is 0.919. The van der Waals surface area contributed by atoms with Crippen LogP contribution in [0.2, 0.25) is 0 Å². The maximum Gasteiger partial charge on any atom is 0.311 e. The maximum absolute atomic E-state index is 10.8. The number of hydrogen-bond donors (Lipinski definition) is 1. The number of nitrogens with zero attached hydrogens (tertiary/aromatic N) is 1. The first-order chi connectivity index (χ1) is 8.16. The fourth-order valence-electron chi connectivity index (χ4n) is 1.23. The van der Waals surface area contributed by atoms with E-state index in [1.807, 2.05) is 30.3 Å². The first-order valence-corrected chi connectivity index (χ1v) is 6.71. The highest BCUT2D eigenvalue weighted by atomic mass is 32.2. The Kier molecular flexibility index (Phi) is 3.81. The number of hydrogen-bond acceptors (Lipinski definition) is 4. The number of aromatic nitrogens is 1. The minimum absolute atomic E-state index is 0.488. The molecule has 0 saturated heterocycles. The average Bonchev–Trinajstić information content (AvgIpc) is 2.77. The Balaban J connectivity index is 2.11. The zero-order valence-electron chi connectivity index (χ0n) is 9.16. The zero-order valence-corrected chi connectivity index (χ0v) is 10.8. The summed E-state index contributed by atoms with van der Waals surface area (Å²) in [6, 6.07) is 9.91. The van der Waals surface area contributed by atoms with Crippen molar-refractivity contribution < 1.29 is 9.90 Å². The molecule has 0 aliphatic carbocycles. The van der Waals surface area contributed by atoms with Crippen molar-refractivity contribution in [1.29, 1.82) is 0 Å². The van der Waals surface area contributed by atoms with Gasteiger partial charge in [0.2, 0.25) is 0 Å². The Labute approximate surface area is 108 Å². The third-order valence-corrected chi connectivity index (χ3v) is 4.51. The highest BCUT2D eigenvalue weighted by Crippen LogP contribution is 2.33. The molecule has 88 valence electrons. The van der Waals surface area contributed by atoms with Crippen molar-refractivity contribution in [1.82, 2.24) is 4.98 Å². The minimum atomic E-state index is -0.815. The molecule has 1 aromatic heterocycles. The van der Waals surface area contributed by atoms with Gasteiger partial charge in [0.25, 0.3) is 0 Å². The van der Waals surface area contributed by atoms with E-state index in [1.165, 1.54) is 11.3 Å². The van der Waals surface area contributed by atoms with Crippen LogP contribution in [0.15, 0.2) is 45.8 Å². The molecule has 0 aliphatic rings. The standard InChI is InChI=1S/C12H11NO2S2/c1-8(11(14)15)10-7-13-12(17-10)16-9-5-3-2-4-6-9/h2-8H,1H3,(H,14,15). The molecule has 1 atom stereocenters. The van der Waals surface area contributed by atoms with Crippen LogP contribution in [-0.2, 0) is 4.79 Å². The summed E-state index contributed by atoms with van der Waals surface area (Å²) in [7, 11) is 0. The summed E-state index contributed by atoms with van der Waals surface area (Å²) < 4.78 is 0.874. The fourth-order valence-corrected chi connectivity index (χ4v) is 3.26. The normalized spacial score (nSPS) is 12.3. The van der Waals surface area contributed by atoms with Gasteiger partial charge in [-0.2, -0.15) is 0 Å². The van der Waals surface area contributed by atoms with E-state index >= 15 is 0 Å². The molecule has 1 heterocycles. The van der Waals surface area contributed by atoms with E-state index in [4.69, 9.17) is 5.11 Å². The van der Waals surface area contributed by atoms with Gasteiger partial charge in [-0.3, -0.25) is 4.79 Å². The van der Waals surface area contributed by atoms with Gasteiger partial charge < -0.3 is 5.11 Å². The first-order valence-electron chi connectivity index (χ1n) is 5.08. The second-order valence-corrected chi connectivity index (χ2v) is 5.89. The third-order valence-electron chi connectivity index (χ3n) is 2.25. The van der Waals surface area contributed by atoms with E-state index in [0.29, 0.717) is 0 Å². The molecule has 0 bridgehead atoms. The van der Waals surface area contributed by atoms with Crippen LogP contribution in [0.25, 0.3) is 0 Å². The number of carboxylic acid groups (broad SMARTS) is 1. The highest BCUT2D eigenvalue weighted by Gasteiger charge is 2.16. The van der Waals surface area contributed by atoms with Crippen LogP contribution in [-0.4, -0.2) is 16.1 Å². The summed E-state index contributed by atoms with van der Waals surface area (Å²) in [4.78, 5) is 17.0. The number of carboxylic acids is 1. The number of benzene rings is 1. The molecule has 1 N–H and O–H groups in total. The van der Waals surface area contributed by atoms with Crippen molar-refractivity contribution in [2.45, 2.75) is 22.1 Å². The number of rotatable bonds is 4. The third kappa shape index (κ3) is 3.08. The summed E-state index contributed by atoms with van der Waals surface area (Å²) in [6.07, 6.45) is 1.65. The van der Waals surface area contributed by atoms with Crippen LogP contribution >= 0.6 is 23.1 Å². The molecule has 5 heteroatoms. The van der Waals surface area contributed by atoms with Crippen molar-refractivity contribution in [3.63, 3.8) is 0 Å². The van der Waals surface area contributed by atoms with Gasteiger partial charge in [-0.15, -0.1) is 11.3 Å². The maximum atomic E-state index is 10.8. The van der Waals surface area contributed by atoms with Crippen LogP contribution in [0, 0.1) is 0 Å². The summed E-state index contributed by atoms with van der Waals surface area (Å²) in [5.41, 5.74) is 0. The molecule has 0 fully saturated rings. The predicted molar refractivity (Wildman–Crippen MR) is 68.7 cm³/mol. The smallest absolute Gasteiger partial charge is 0.311 e. The Morgan fingerprint density at radius 3 is 2.76 bits per heavy atom. The lowest BCUT2D eigenvalue weighted by molar-refractivity contribution is -0.138. The molecule has 0 amide bonds. The van der Waals surface area contributed by atoms with E-state index in [9.17, 15) is 4.79 Å². The van der Waals surface area contributed by atoms with Gasteiger partial charge in [-0.1, -0.05) is 30.0 Å². The lowest BCUT2D eigenvalue weighted by Gasteiger charge is -1.99. The van der Waals surface area contributed by atoms with E-state index in [2.05, 4.69) is 4.98 Å². The SMILES string of the molecule is CC(C(=O)O)c1cnc(Sc2ccccc2)s1. The van der Waals surface area contributed by atoms with Gasteiger partial charge in [-0.25, -0.2) is 4.98 Å². The average molecular weight is 265 g/mol. The van der Waals surface area contributed by atoms with Crippen molar-refractivity contribution >= 4 is 29.1 Å². The summed E-state index contributed by atoms with van der Waals surface area (Å²) in [6.45, 7) is 1.67. The number of carbonyl (C=O) groups is 1. The topological polar surface area (TPSA) is 50.2 Å². The Bertz CT molecular complexity index is 510. The van der Waals surface area contributed by atoms with Crippen LogP contribution in [0.3, 0.4) is 0 Å². The molecular weight excluding hydrogens is 254 g/mol. The molecule has 1 aromatic carbocycles. The molecule has 0 radical (unpaired) electrons. The zero-order chi connectivity index (χ0) is 12.3. The summed E-state index contributed by atoms with van der Waals surface area (Å²) >= 11 is 2.99. The van der Waals surface area contributed by atoms with E-state index in [0.717, 1.165) is 14.1 Å². The molecule has 0 aliphatic heterocycles. The van der Waals surface area contributed by atoms with Crippen LogP contribution in [0.4, 0.5) is 0 Å². The molecular formula is C12H11NO2S2. The van der Waals surface area contributed by atoms with Gasteiger partial charge in [0.05, 0.1) is 5.92 Å². The molecule has 17 heavy (non-hydrogen) atoms. The number of aliphatic carboxylic acids is 1. The van der Waals surface area contributed by atoms with E-state index < -0.39 is 11.9 Å². The largest absolute Gasteiger partial charge is 0.481 e. The summed E-state index contributed by atoms with van der Waals surface area (Å²) in [5, 5.41) is 8.91. The molecule has 2 rings (SSSR count). The summed E-state index contributed by atoms with van der Waals surface area (Å²) in [5.74, 6) is -1.30. The van der Waals surface area contributed by atoms with Gasteiger partial charge >= 0.3 is 5.97 Å². The second kappa shape index (κ2) is 5.33. The van der Waals surface area contributed by atoms with Gasteiger partial charge in [0.1, 0.15) is 0 Å². The first kappa shape index (κ1) is 12.1. The van der Waals surface area contributed by atoms with Gasteiger partial charge in [0, 0.05) is 16.0 Å². The molecule has 3 nitrogen and oxygen atoms in total. The van der Waals surface area contributed by atoms with Crippen molar-refractivity contribution in [2.24, 2.45) is 0 Å². The lowest BCUT2D eigenvalue weighted by atomic mass is 10.2. The molecule has 0 spiro atoms. The van der Waals surface area contributed by atoms with Crippen LogP contribution < -0.4 is 0 Å². The Hall–Kier alpha value is -1.33. The van der Waals surface area contributed by atoms with Crippen LogP contribution in [0.5, 0.6) is 0 Å². The van der Waals surface area contributed by atoms with Crippen LogP contribution in [0.1, 0.15) is 17.7 Å².